The first kappa shape index (κ1) is 16.4. The highest BCUT2D eigenvalue weighted by Gasteiger charge is 2.22. The van der Waals surface area contributed by atoms with Gasteiger partial charge in [0.1, 0.15) is 4.60 Å². The van der Waals surface area contributed by atoms with Crippen LogP contribution >= 0.6 is 27.3 Å². The molecule has 1 N–H and O–H groups in total. The molecule has 0 bridgehead atoms. The van der Waals surface area contributed by atoms with Crippen LogP contribution in [0.25, 0.3) is 0 Å². The van der Waals surface area contributed by atoms with E-state index in [1.54, 1.807) is 11.3 Å². The molecule has 1 unspecified atom stereocenters. The lowest BCUT2D eigenvalue weighted by Crippen LogP contribution is -2.10. The Bertz CT molecular complexity index is 643. The second-order valence-electron chi connectivity index (χ2n) is 6.35. The Kier molecular flexibility index (Phi) is 4.73. The summed E-state index contributed by atoms with van der Waals surface area (Å²) in [5.74, 6) is 0. The van der Waals surface area contributed by atoms with Crippen LogP contribution in [0, 0.1) is 13.8 Å². The molecule has 0 fully saturated rings. The lowest BCUT2D eigenvalue weighted by Gasteiger charge is -2.16. The van der Waals surface area contributed by atoms with Crippen LogP contribution in [0.3, 0.4) is 0 Å². The Hall–Kier alpha value is -0.940. The van der Waals surface area contributed by atoms with Crippen molar-refractivity contribution in [2.24, 2.45) is 0 Å². The van der Waals surface area contributed by atoms with Gasteiger partial charge in [0.25, 0.3) is 0 Å². The molecule has 0 spiro atoms. The zero-order valence-corrected chi connectivity index (χ0v) is 15.8. The van der Waals surface area contributed by atoms with Crippen molar-refractivity contribution in [2.75, 3.05) is 5.32 Å². The molecule has 0 aliphatic carbocycles. The van der Waals surface area contributed by atoms with Crippen molar-refractivity contribution < 1.29 is 0 Å². The summed E-state index contributed by atoms with van der Waals surface area (Å²) in [7, 11) is 0. The summed E-state index contributed by atoms with van der Waals surface area (Å²) >= 11 is 5.20. The Morgan fingerprint density at radius 3 is 2.33 bits per heavy atom. The molecule has 1 atom stereocenters. The van der Waals surface area contributed by atoms with Crippen LogP contribution in [0.1, 0.15) is 55.0 Å². The van der Waals surface area contributed by atoms with Gasteiger partial charge in [0, 0.05) is 10.3 Å². The highest BCUT2D eigenvalue weighted by Crippen LogP contribution is 2.34. The summed E-state index contributed by atoms with van der Waals surface area (Å²) in [5, 5.41) is 4.74. The van der Waals surface area contributed by atoms with E-state index in [-0.39, 0.29) is 11.5 Å². The fourth-order valence-electron chi connectivity index (χ4n) is 2.11. The van der Waals surface area contributed by atoms with Gasteiger partial charge in [0.15, 0.2) is 0 Å². The summed E-state index contributed by atoms with van der Waals surface area (Å²) in [6, 6.07) is 4.24. The number of halogens is 1. The average molecular weight is 368 g/mol. The molecule has 0 aromatic carbocycles. The molecule has 0 radical (unpaired) electrons. The Morgan fingerprint density at radius 1 is 1.14 bits per heavy atom. The van der Waals surface area contributed by atoms with E-state index in [0.29, 0.717) is 0 Å². The summed E-state index contributed by atoms with van der Waals surface area (Å²) in [6.45, 7) is 12.9. The minimum atomic E-state index is 0.0997. The minimum absolute atomic E-state index is 0.0997. The molecule has 2 rings (SSSR count). The quantitative estimate of drug-likeness (QED) is 0.739. The summed E-state index contributed by atoms with van der Waals surface area (Å²) in [5.41, 5.74) is 3.28. The largest absolute Gasteiger partial charge is 0.376 e. The minimum Gasteiger partial charge on any atom is -0.376 e. The molecule has 0 aliphatic rings. The Morgan fingerprint density at radius 2 is 1.81 bits per heavy atom. The van der Waals surface area contributed by atoms with Crippen molar-refractivity contribution in [1.82, 2.24) is 9.97 Å². The van der Waals surface area contributed by atoms with Gasteiger partial charge in [0.2, 0.25) is 0 Å². The smallest absolute Gasteiger partial charge is 0.106 e. The van der Waals surface area contributed by atoms with Gasteiger partial charge >= 0.3 is 0 Å². The first-order valence-corrected chi connectivity index (χ1v) is 8.67. The van der Waals surface area contributed by atoms with Crippen molar-refractivity contribution in [3.63, 3.8) is 0 Å². The lowest BCUT2D eigenvalue weighted by molar-refractivity contribution is 0.584. The molecule has 0 saturated carbocycles. The van der Waals surface area contributed by atoms with Crippen molar-refractivity contribution in [2.45, 2.75) is 53.0 Å². The van der Waals surface area contributed by atoms with Crippen LogP contribution in [0.2, 0.25) is 0 Å². The van der Waals surface area contributed by atoms with E-state index in [1.165, 1.54) is 9.88 Å². The van der Waals surface area contributed by atoms with Gasteiger partial charge in [-0.05, 0) is 48.8 Å². The second-order valence-corrected chi connectivity index (χ2v) is 8.19. The van der Waals surface area contributed by atoms with E-state index >= 15 is 0 Å². The lowest BCUT2D eigenvalue weighted by atomic mass is 9.98. The van der Waals surface area contributed by atoms with Gasteiger partial charge in [0.05, 0.1) is 28.1 Å². The van der Waals surface area contributed by atoms with Gasteiger partial charge in [-0.1, -0.05) is 20.8 Å². The summed E-state index contributed by atoms with van der Waals surface area (Å²) in [6.07, 6.45) is 0. The molecular formula is C16H22BrN3S. The molecule has 114 valence electrons. The monoisotopic (exact) mass is 367 g/mol. The third-order valence-corrected chi connectivity index (χ3v) is 5.50. The van der Waals surface area contributed by atoms with Crippen molar-refractivity contribution in [1.29, 1.82) is 0 Å². The summed E-state index contributed by atoms with van der Waals surface area (Å²) in [4.78, 5) is 10.5. The zero-order chi connectivity index (χ0) is 15.8. The zero-order valence-electron chi connectivity index (χ0n) is 13.4. The highest BCUT2D eigenvalue weighted by molar-refractivity contribution is 9.10. The number of aromatic nitrogens is 2. The number of rotatable bonds is 3. The molecule has 2 aromatic rings. The van der Waals surface area contributed by atoms with Crippen molar-refractivity contribution >= 4 is 33.0 Å². The summed E-state index contributed by atoms with van der Waals surface area (Å²) < 4.78 is 0.863. The van der Waals surface area contributed by atoms with Gasteiger partial charge in [-0.2, -0.15) is 0 Å². The van der Waals surface area contributed by atoms with E-state index in [0.717, 1.165) is 21.7 Å². The number of anilines is 1. The van der Waals surface area contributed by atoms with Crippen LogP contribution in [0.4, 0.5) is 5.69 Å². The number of aryl methyl sites for hydroxylation is 2. The number of nitrogens with one attached hydrogen (secondary N) is 1. The number of nitrogens with zero attached hydrogens (tertiary/aromatic N) is 2. The molecule has 5 heteroatoms. The van der Waals surface area contributed by atoms with Gasteiger partial charge < -0.3 is 5.32 Å². The fourth-order valence-corrected chi connectivity index (χ4v) is 3.64. The van der Waals surface area contributed by atoms with E-state index in [9.17, 15) is 0 Å². The molecule has 0 amide bonds. The molecular weight excluding hydrogens is 346 g/mol. The highest BCUT2D eigenvalue weighted by atomic mass is 79.9. The molecule has 3 nitrogen and oxygen atoms in total. The number of hydrogen-bond acceptors (Lipinski definition) is 4. The Labute approximate surface area is 139 Å². The average Bonchev–Trinajstić information content (AvgIpc) is 2.75. The predicted octanol–water partition coefficient (Wildman–Crippen LogP) is 5.39. The van der Waals surface area contributed by atoms with E-state index in [2.05, 4.69) is 66.9 Å². The van der Waals surface area contributed by atoms with Crippen molar-refractivity contribution in [3.05, 3.63) is 38.0 Å². The van der Waals surface area contributed by atoms with Crippen LogP contribution < -0.4 is 5.32 Å². The normalized spacial score (nSPS) is 13.3. The molecule has 0 aliphatic heterocycles. The van der Waals surface area contributed by atoms with E-state index < -0.39 is 0 Å². The van der Waals surface area contributed by atoms with Gasteiger partial charge in [-0.15, -0.1) is 11.3 Å². The van der Waals surface area contributed by atoms with Gasteiger partial charge in [-0.25, -0.2) is 9.97 Å². The third kappa shape index (κ3) is 3.83. The van der Waals surface area contributed by atoms with Crippen molar-refractivity contribution in [3.8, 4) is 0 Å². The number of thiazole rings is 1. The number of hydrogen-bond donors (Lipinski definition) is 1. The maximum atomic E-state index is 4.74. The first-order valence-electron chi connectivity index (χ1n) is 7.06. The standard InChI is InChI=1S/C16H22BrN3S/c1-9-12(7-8-13(17)19-9)18-10(2)14-11(3)20-15(21-14)16(4,5)6/h7-8,10,18H,1-6H3. The van der Waals surface area contributed by atoms with Crippen LogP contribution in [-0.2, 0) is 5.41 Å². The topological polar surface area (TPSA) is 37.8 Å². The second kappa shape index (κ2) is 6.05. The fraction of sp³-hybridized carbons (Fsp3) is 0.500. The number of pyridine rings is 1. The van der Waals surface area contributed by atoms with Crippen LogP contribution in [0.5, 0.6) is 0 Å². The molecule has 21 heavy (non-hydrogen) atoms. The maximum Gasteiger partial charge on any atom is 0.106 e. The maximum absolute atomic E-state index is 4.74. The van der Waals surface area contributed by atoms with Crippen LogP contribution in [0.15, 0.2) is 16.7 Å². The predicted molar refractivity (Wildman–Crippen MR) is 94.3 cm³/mol. The molecule has 2 heterocycles. The Balaban J connectivity index is 2.24. The van der Waals surface area contributed by atoms with E-state index in [4.69, 9.17) is 4.98 Å². The first-order chi connectivity index (χ1) is 9.68. The van der Waals surface area contributed by atoms with Gasteiger partial charge in [-0.3, -0.25) is 0 Å². The van der Waals surface area contributed by atoms with E-state index in [1.807, 2.05) is 13.0 Å². The molecule has 0 saturated heterocycles. The SMILES string of the molecule is Cc1nc(Br)ccc1NC(C)c1sc(C(C)(C)C)nc1C. The van der Waals surface area contributed by atoms with Crippen LogP contribution in [-0.4, -0.2) is 9.97 Å². The third-order valence-electron chi connectivity index (χ3n) is 3.29. The molecule has 2 aromatic heterocycles.